The zero-order valence-corrected chi connectivity index (χ0v) is 96.1. The quantitative estimate of drug-likeness (QED) is 0.0207. The third kappa shape index (κ3) is 33.0. The van der Waals surface area contributed by atoms with Crippen LogP contribution in [0.15, 0.2) is 206 Å². The van der Waals surface area contributed by atoms with E-state index >= 15 is 0 Å². The number of amides is 3. The van der Waals surface area contributed by atoms with E-state index in [0.29, 0.717) is 69.7 Å². The van der Waals surface area contributed by atoms with Gasteiger partial charge >= 0.3 is 95.6 Å². The van der Waals surface area contributed by atoms with Gasteiger partial charge in [0.05, 0.1) is 35.6 Å². The molecule has 3 amide bonds. The molecule has 776 valence electrons. The van der Waals surface area contributed by atoms with Crippen LogP contribution in [0.2, 0.25) is 0 Å². The number of nitrogens with one attached hydrogen (secondary N) is 1. The molecule has 4 N–H and O–H groups in total. The molecule has 0 fully saturated rings. The minimum absolute atomic E-state index is 0. The van der Waals surface area contributed by atoms with Crippen LogP contribution in [0.3, 0.4) is 0 Å². The molecule has 4 atom stereocenters. The normalized spacial score (nSPS) is 13.4. The van der Waals surface area contributed by atoms with Crippen molar-refractivity contribution in [1.29, 1.82) is 0 Å². The van der Waals surface area contributed by atoms with Gasteiger partial charge in [0.25, 0.3) is 5.91 Å². The second-order valence-electron chi connectivity index (χ2n) is 40.7. The first-order valence-corrected chi connectivity index (χ1v) is 56.1. The summed E-state index contributed by atoms with van der Waals surface area (Å²) in [5, 5.41) is 23.7. The van der Waals surface area contributed by atoms with Crippen LogP contribution in [0.25, 0.3) is 0 Å². The van der Waals surface area contributed by atoms with Crippen LogP contribution < -0.4 is 34.9 Å². The summed E-state index contributed by atoms with van der Waals surface area (Å²) in [6.07, 6.45) is -2.65. The van der Waals surface area contributed by atoms with E-state index in [2.05, 4.69) is 64.0 Å². The number of carboxylic acid groups (broad SMARTS) is 2. The second kappa shape index (κ2) is 55.5. The number of hydrogen-bond donors (Lipinski definition) is 3. The number of benzene rings is 11. The van der Waals surface area contributed by atoms with Gasteiger partial charge in [-0.15, -0.1) is 12.1 Å². The van der Waals surface area contributed by atoms with Gasteiger partial charge in [0.15, 0.2) is 24.4 Å². The van der Waals surface area contributed by atoms with E-state index in [-0.39, 0.29) is 87.0 Å². The Kier molecular flexibility index (Phi) is 46.4. The zero-order chi connectivity index (χ0) is 106. The molecule has 0 aliphatic carbocycles. The number of halogens is 2. The fourth-order valence-corrected chi connectivity index (χ4v) is 19.0. The predicted molar refractivity (Wildman–Crippen MR) is 570 cm³/mol. The standard InChI is InChI=1S/C33H39NO5.C30H32FNO4.C27H35NO5.C23H29NO3.C7H7.CH4.BrH.Na.H2O.Zn/c1-7-37-31(35)30(39-33(4,5)6)29-23(3)28-20-34(32(36)38-21-25-16-12-9-13-17-25)19-27(28)22(2)26(29)18-24-14-10-8-11-15-24;1-18-23(14-20-10-7-6-8-11-20)26(27(29(34)35)36-30(3,4)5)19(2)25-17-32(16-24(18)25)28(33)21-12-9-13-22(31)15-21;1-8-31-25(29)24(33-27(5,6)7)23-18(3)17(2)21-14-28(15-22(21)19(23)4)26(30)32-16-20-12-10-9-11-13-20;1-14-17(11-16-9-7-6-8-10-16)20(15(2)19-13-24-12-18(14)19)21(22(25)26)27-23(3,4)5;1-7-5-3-2-4-6-7;;;;;/h8-17,30H,7,18-21H2,1-6H3;6-13,15,27H,14,16-17H2,1-5H3,(H,34,35);9-13,24H,8,14-16H2,1-7H3;6-10,21,24H,11-13H2,1-5H3,(H,25,26);2-6H,1H2;1H4;1H;;1H2;/q;;;;-1;;;+1;;+2/p-2/t30-;27-;24-;21-;;;;;;/m0000....../s1. The van der Waals surface area contributed by atoms with Crippen molar-refractivity contribution in [3.05, 3.63) is 391 Å². The van der Waals surface area contributed by atoms with Gasteiger partial charge < -0.3 is 63.8 Å². The average molecular weight is 2130 g/mol. The number of carbonyl (C=O) groups is 7. The molecule has 0 unspecified atom stereocenters. The third-order valence-electron chi connectivity index (χ3n) is 25.9. The average Bonchev–Trinajstić information content (AvgIpc) is 1.65. The molecule has 0 saturated heterocycles. The van der Waals surface area contributed by atoms with E-state index in [1.807, 2.05) is 289 Å². The predicted octanol–water partition coefficient (Wildman–Crippen LogP) is 23.4. The maximum atomic E-state index is 13.8. The van der Waals surface area contributed by atoms with Gasteiger partial charge in [-0.2, -0.15) is 24.6 Å². The number of aliphatic carboxylic acids is 2. The Bertz CT molecular complexity index is 6310. The Morgan fingerprint density at radius 1 is 0.367 bits per heavy atom. The molecule has 0 bridgehead atoms. The van der Waals surface area contributed by atoms with Crippen molar-refractivity contribution in [1.82, 2.24) is 20.0 Å². The van der Waals surface area contributed by atoms with Crippen LogP contribution >= 0.6 is 13.6 Å². The van der Waals surface area contributed by atoms with Crippen molar-refractivity contribution >= 4 is 55.6 Å². The molecule has 26 heteroatoms. The Morgan fingerprint density at radius 2 is 0.639 bits per heavy atom. The number of fused-ring (bicyclic) bond motifs is 4. The van der Waals surface area contributed by atoms with E-state index in [1.54, 1.807) is 34.6 Å². The van der Waals surface area contributed by atoms with Gasteiger partial charge in [0.2, 0.25) is 0 Å². The summed E-state index contributed by atoms with van der Waals surface area (Å²) in [5.74, 6) is -3.49. The van der Waals surface area contributed by atoms with E-state index in [0.717, 1.165) is 152 Å². The SMILES string of the molecule is C.CCOC(=O)[C@@H](OC(C)(C)C)c1c(C)c(C)c2c(c1C)CN(C(=O)OCc1ccccc1)C2.CCOC(=O)[C@@H](OC(C)(C)C)c1c(C)c2c(c(C)c1Cc1ccccc1)CN(C(=O)OCc1ccccc1)C2.Cc1c2c(c(C)c([C@H](OC(C)(C)C)C(=O)O)c1Cc1ccccc1)CN(C(=O)c1cccc(F)c1)C2.Cc1c2c(c(C)c([C@H](OC(C)(C)C)C(=O)O)c1Cc1ccccc1)CNC2.[CH2-]c1ccccc1.[Na+].[OH-].[Zn+][Br]. The van der Waals surface area contributed by atoms with Crippen molar-refractivity contribution in [2.24, 2.45) is 0 Å². The number of carbonyl (C=O) groups excluding carboxylic acids is 5. The molecular weight excluding hydrogens is 1980 g/mol. The first-order chi connectivity index (χ1) is 68.2. The maximum absolute atomic E-state index is 13.8. The number of esters is 2. The second-order valence-corrected chi connectivity index (χ2v) is 40.7. The van der Waals surface area contributed by atoms with Crippen molar-refractivity contribution in [3.63, 3.8) is 0 Å². The van der Waals surface area contributed by atoms with E-state index in [9.17, 15) is 48.2 Å². The van der Waals surface area contributed by atoms with Crippen LogP contribution in [-0.2, 0) is 158 Å². The summed E-state index contributed by atoms with van der Waals surface area (Å²) in [7, 11) is 0. The van der Waals surface area contributed by atoms with Crippen LogP contribution in [-0.4, -0.2) is 108 Å². The van der Waals surface area contributed by atoms with Gasteiger partial charge in [0.1, 0.15) is 19.0 Å². The molecule has 15 rings (SSSR count). The van der Waals surface area contributed by atoms with E-state index < -0.39 is 76.5 Å². The Morgan fingerprint density at radius 3 is 0.952 bits per heavy atom. The number of nitrogens with zero attached hydrogens (tertiary/aromatic N) is 3. The summed E-state index contributed by atoms with van der Waals surface area (Å²) in [4.78, 5) is 95.2. The van der Waals surface area contributed by atoms with Gasteiger partial charge in [-0.05, 0) is 358 Å². The summed E-state index contributed by atoms with van der Waals surface area (Å²) < 4.78 is 60.6. The Labute approximate surface area is 908 Å². The molecule has 0 radical (unpaired) electrons. The van der Waals surface area contributed by atoms with Crippen LogP contribution in [0, 0.1) is 75.1 Å². The Balaban J connectivity index is 0.000000257. The molecule has 4 aliphatic heterocycles. The molecular formula is C121H147BrFN4NaO18Zn. The van der Waals surface area contributed by atoms with Crippen LogP contribution in [0.1, 0.15) is 306 Å². The molecule has 11 aromatic carbocycles. The van der Waals surface area contributed by atoms with Crippen molar-refractivity contribution < 1.29 is 137 Å². The van der Waals surface area contributed by atoms with Gasteiger partial charge in [-0.25, -0.2) is 33.2 Å². The topological polar surface area (TPSA) is 286 Å². The van der Waals surface area contributed by atoms with Crippen molar-refractivity contribution in [2.45, 2.75) is 298 Å². The van der Waals surface area contributed by atoms with Crippen LogP contribution in [0.4, 0.5) is 14.0 Å². The van der Waals surface area contributed by atoms with Crippen molar-refractivity contribution in [3.8, 4) is 0 Å². The number of carboxylic acids is 2. The summed E-state index contributed by atoms with van der Waals surface area (Å²) in [6.45, 7) is 53.5. The third-order valence-corrected chi connectivity index (χ3v) is 25.9. The van der Waals surface area contributed by atoms with Gasteiger partial charge in [-0.1, -0.05) is 171 Å². The zero-order valence-electron chi connectivity index (χ0n) is 89.5. The molecule has 0 saturated carbocycles. The summed E-state index contributed by atoms with van der Waals surface area (Å²) in [5.41, 5.74) is 28.4. The molecule has 0 aromatic heterocycles. The van der Waals surface area contributed by atoms with Crippen LogP contribution in [0.5, 0.6) is 0 Å². The molecule has 147 heavy (non-hydrogen) atoms. The molecule has 4 heterocycles. The molecule has 11 aromatic rings. The molecule has 4 aliphatic rings. The Hall–Kier alpha value is -11.0. The molecule has 0 spiro atoms. The summed E-state index contributed by atoms with van der Waals surface area (Å²) >= 11 is 4.25. The van der Waals surface area contributed by atoms with E-state index in [1.165, 1.54) is 56.8 Å². The fraction of sp³-hybridized carbons (Fsp3) is 0.388. The monoisotopic (exact) mass is 2130 g/mol. The first-order valence-electron chi connectivity index (χ1n) is 49.1. The number of rotatable bonds is 25. The number of ether oxygens (including phenoxy) is 8. The first kappa shape index (κ1) is 123. The van der Waals surface area contributed by atoms with Gasteiger partial charge in [0, 0.05) is 57.9 Å². The molecule has 22 nitrogen and oxygen atoms in total. The minimum atomic E-state index is -1.15. The van der Waals surface area contributed by atoms with Gasteiger partial charge in [-0.3, -0.25) is 14.6 Å². The summed E-state index contributed by atoms with van der Waals surface area (Å²) in [6, 6.07) is 65.2. The van der Waals surface area contributed by atoms with E-state index in [4.69, 9.17) is 37.9 Å². The number of hydrogen-bond acceptors (Lipinski definition) is 17. The van der Waals surface area contributed by atoms with Crippen molar-refractivity contribution in [2.75, 3.05) is 13.2 Å². The fourth-order valence-electron chi connectivity index (χ4n) is 19.0.